The van der Waals surface area contributed by atoms with Crippen molar-refractivity contribution in [2.75, 3.05) is 6.26 Å². The number of benzene rings is 1. The molecule has 0 aromatic heterocycles. The van der Waals surface area contributed by atoms with Crippen LogP contribution in [-0.2, 0) is 4.79 Å². The summed E-state index contributed by atoms with van der Waals surface area (Å²) in [6, 6.07) is 7.46. The molecule has 0 aliphatic rings. The second kappa shape index (κ2) is 13.0. The number of amides is 2. The number of hydrogen-bond acceptors (Lipinski definition) is 5. The average Bonchev–Trinajstić information content (AvgIpc) is 2.72. The normalized spacial score (nSPS) is 12.9. The zero-order chi connectivity index (χ0) is 23.4. The van der Waals surface area contributed by atoms with Gasteiger partial charge in [-0.25, -0.2) is 4.99 Å². The first-order valence-corrected chi connectivity index (χ1v) is 11.8. The lowest BCUT2D eigenvalue weighted by molar-refractivity contribution is -0.117. The van der Waals surface area contributed by atoms with Crippen molar-refractivity contribution in [3.8, 4) is 0 Å². The van der Waals surface area contributed by atoms with E-state index in [0.717, 1.165) is 18.4 Å². The molecule has 1 aromatic carbocycles. The van der Waals surface area contributed by atoms with E-state index < -0.39 is 0 Å². The fourth-order valence-electron chi connectivity index (χ4n) is 2.44. The molecule has 0 saturated heterocycles. The number of aliphatic imine (C=N–C) groups is 1. The smallest absolute Gasteiger partial charge is 0.257 e. The number of rotatable bonds is 8. The minimum atomic E-state index is -0.224. The van der Waals surface area contributed by atoms with Crippen molar-refractivity contribution in [2.24, 2.45) is 4.99 Å². The number of thioether (sulfide) groups is 1. The molecule has 0 saturated carbocycles. The van der Waals surface area contributed by atoms with E-state index in [1.165, 1.54) is 18.0 Å². The van der Waals surface area contributed by atoms with Crippen molar-refractivity contribution in [2.45, 2.75) is 66.0 Å². The predicted molar refractivity (Wildman–Crippen MR) is 132 cm³/mol. The molecule has 6 nitrogen and oxygen atoms in total. The van der Waals surface area contributed by atoms with E-state index >= 15 is 0 Å². The molecule has 1 rings (SSSR count). The Labute approximate surface area is 191 Å². The van der Waals surface area contributed by atoms with Crippen LogP contribution in [0.4, 0.5) is 0 Å². The topological polar surface area (TPSA) is 82.6 Å². The fraction of sp³-hybridized carbons (Fsp3) is 0.458. The van der Waals surface area contributed by atoms with Gasteiger partial charge in [0.25, 0.3) is 11.8 Å². The standard InChI is InChI=1S/C24H36N4O2S/c1-8-20(9-2)27-22(30)19(16-26-24(4,5)6)14-15-25-23(31-7)28-21(29)18-12-10-17(3)11-13-18/h10-16,20,26H,8-9H2,1-7H3,(H,27,30)(H,25,28,29)/b15-14+,19-16+. The van der Waals surface area contributed by atoms with Crippen LogP contribution < -0.4 is 16.0 Å². The van der Waals surface area contributed by atoms with Gasteiger partial charge in [-0.15, -0.1) is 0 Å². The number of carbonyl (C=O) groups excluding carboxylic acids is 2. The van der Waals surface area contributed by atoms with Crippen LogP contribution in [0.3, 0.4) is 0 Å². The van der Waals surface area contributed by atoms with Crippen LogP contribution in [-0.4, -0.2) is 34.8 Å². The first-order valence-electron chi connectivity index (χ1n) is 10.5. The second-order valence-corrected chi connectivity index (χ2v) is 9.05. The third kappa shape index (κ3) is 10.4. The minimum absolute atomic E-state index is 0.123. The van der Waals surface area contributed by atoms with Crippen LogP contribution in [0.25, 0.3) is 0 Å². The SMILES string of the molecule is CCC(CC)NC(=O)C(/C=C/N=C(NC(=O)c1ccc(C)cc1)SC)=C/NC(C)(C)C. The molecule has 0 unspecified atom stereocenters. The lowest BCUT2D eigenvalue weighted by atomic mass is 10.1. The van der Waals surface area contributed by atoms with Gasteiger partial charge in [-0.05, 0) is 65.0 Å². The summed E-state index contributed by atoms with van der Waals surface area (Å²) >= 11 is 1.32. The summed E-state index contributed by atoms with van der Waals surface area (Å²) < 4.78 is 0. The highest BCUT2D eigenvalue weighted by Crippen LogP contribution is 2.07. The average molecular weight is 445 g/mol. The van der Waals surface area contributed by atoms with Gasteiger partial charge in [-0.1, -0.05) is 43.3 Å². The summed E-state index contributed by atoms with van der Waals surface area (Å²) in [5.41, 5.74) is 1.95. The molecule has 3 N–H and O–H groups in total. The number of carbonyl (C=O) groups is 2. The Hall–Kier alpha value is -2.54. The Balaban J connectivity index is 2.97. The van der Waals surface area contributed by atoms with Gasteiger partial charge in [0, 0.05) is 29.5 Å². The van der Waals surface area contributed by atoms with Crippen LogP contribution in [0.1, 0.15) is 63.4 Å². The van der Waals surface area contributed by atoms with Crippen LogP contribution in [0.2, 0.25) is 0 Å². The van der Waals surface area contributed by atoms with Crippen LogP contribution >= 0.6 is 11.8 Å². The largest absolute Gasteiger partial charge is 0.386 e. The van der Waals surface area contributed by atoms with Gasteiger partial charge in [-0.2, -0.15) is 0 Å². The minimum Gasteiger partial charge on any atom is -0.386 e. The third-order valence-electron chi connectivity index (χ3n) is 4.42. The number of amidine groups is 1. The van der Waals surface area contributed by atoms with E-state index in [-0.39, 0.29) is 23.4 Å². The van der Waals surface area contributed by atoms with Gasteiger partial charge in [0.2, 0.25) is 0 Å². The Bertz CT molecular complexity index is 817. The quantitative estimate of drug-likeness (QED) is 0.238. The molecule has 0 fully saturated rings. The Morgan fingerprint density at radius 1 is 1.13 bits per heavy atom. The predicted octanol–water partition coefficient (Wildman–Crippen LogP) is 4.53. The second-order valence-electron chi connectivity index (χ2n) is 8.26. The third-order valence-corrected chi connectivity index (χ3v) is 5.01. The number of aryl methyl sites for hydroxylation is 1. The van der Waals surface area contributed by atoms with Crippen molar-refractivity contribution in [3.05, 3.63) is 59.4 Å². The zero-order valence-electron chi connectivity index (χ0n) is 19.7. The van der Waals surface area contributed by atoms with Gasteiger partial charge in [0.15, 0.2) is 5.17 Å². The maximum Gasteiger partial charge on any atom is 0.257 e. The summed E-state index contributed by atoms with van der Waals surface area (Å²) in [6.07, 6.45) is 8.44. The maximum atomic E-state index is 12.7. The molecule has 0 heterocycles. The van der Waals surface area contributed by atoms with Crippen molar-refractivity contribution in [1.82, 2.24) is 16.0 Å². The molecule has 0 aliphatic carbocycles. The van der Waals surface area contributed by atoms with Gasteiger partial charge >= 0.3 is 0 Å². The number of nitrogens with one attached hydrogen (secondary N) is 3. The molecule has 31 heavy (non-hydrogen) atoms. The Morgan fingerprint density at radius 3 is 2.26 bits per heavy atom. The lowest BCUT2D eigenvalue weighted by Crippen LogP contribution is -2.36. The van der Waals surface area contributed by atoms with Crippen molar-refractivity contribution >= 4 is 28.7 Å². The molecular formula is C24H36N4O2S. The molecule has 0 aliphatic heterocycles. The first kappa shape index (κ1) is 26.5. The molecule has 2 amide bonds. The summed E-state index contributed by atoms with van der Waals surface area (Å²) in [5.74, 6) is -0.385. The highest BCUT2D eigenvalue weighted by Gasteiger charge is 2.13. The Morgan fingerprint density at radius 2 is 1.74 bits per heavy atom. The van der Waals surface area contributed by atoms with Gasteiger partial charge in [0.1, 0.15) is 0 Å². The van der Waals surface area contributed by atoms with Gasteiger partial charge < -0.3 is 16.0 Å². The van der Waals surface area contributed by atoms with E-state index in [0.29, 0.717) is 16.3 Å². The van der Waals surface area contributed by atoms with E-state index in [9.17, 15) is 9.59 Å². The first-order chi connectivity index (χ1) is 14.6. The highest BCUT2D eigenvalue weighted by molar-refractivity contribution is 8.13. The fourth-order valence-corrected chi connectivity index (χ4v) is 2.80. The lowest BCUT2D eigenvalue weighted by Gasteiger charge is -2.20. The van der Waals surface area contributed by atoms with E-state index in [1.54, 1.807) is 24.4 Å². The molecule has 0 atom stereocenters. The summed E-state index contributed by atoms with van der Waals surface area (Å²) in [5, 5.41) is 9.51. The number of nitrogens with zero attached hydrogens (tertiary/aromatic N) is 1. The van der Waals surface area contributed by atoms with E-state index in [4.69, 9.17) is 0 Å². The highest BCUT2D eigenvalue weighted by atomic mass is 32.2. The molecule has 7 heteroatoms. The van der Waals surface area contributed by atoms with E-state index in [1.807, 2.05) is 59.9 Å². The molecule has 0 radical (unpaired) electrons. The van der Waals surface area contributed by atoms with Crippen molar-refractivity contribution < 1.29 is 9.59 Å². The van der Waals surface area contributed by atoms with Gasteiger partial charge in [-0.3, -0.25) is 9.59 Å². The molecular weight excluding hydrogens is 408 g/mol. The summed E-state index contributed by atoms with van der Waals surface area (Å²) in [7, 11) is 0. The van der Waals surface area contributed by atoms with Crippen LogP contribution in [0.15, 0.2) is 53.3 Å². The maximum absolute atomic E-state index is 12.7. The van der Waals surface area contributed by atoms with Gasteiger partial charge in [0.05, 0.1) is 5.57 Å². The number of hydrogen-bond donors (Lipinski definition) is 3. The molecule has 1 aromatic rings. The molecule has 0 spiro atoms. The monoisotopic (exact) mass is 444 g/mol. The van der Waals surface area contributed by atoms with Crippen LogP contribution in [0, 0.1) is 6.92 Å². The zero-order valence-corrected chi connectivity index (χ0v) is 20.5. The molecule has 0 bridgehead atoms. The Kier molecular flexibility index (Phi) is 11.1. The molecule has 170 valence electrons. The van der Waals surface area contributed by atoms with E-state index in [2.05, 4.69) is 20.9 Å². The van der Waals surface area contributed by atoms with Crippen molar-refractivity contribution in [3.63, 3.8) is 0 Å². The van der Waals surface area contributed by atoms with Crippen molar-refractivity contribution in [1.29, 1.82) is 0 Å². The van der Waals surface area contributed by atoms with Crippen LogP contribution in [0.5, 0.6) is 0 Å². The summed E-state index contributed by atoms with van der Waals surface area (Å²) in [4.78, 5) is 29.5. The summed E-state index contributed by atoms with van der Waals surface area (Å²) in [6.45, 7) is 12.1.